The third-order valence-corrected chi connectivity index (χ3v) is 3.22. The van der Waals surface area contributed by atoms with Gasteiger partial charge in [0.1, 0.15) is 17.6 Å². The van der Waals surface area contributed by atoms with Gasteiger partial charge in [0, 0.05) is 5.69 Å². The van der Waals surface area contributed by atoms with Crippen molar-refractivity contribution >= 4 is 29.2 Å². The number of nitriles is 1. The predicted octanol–water partition coefficient (Wildman–Crippen LogP) is 2.91. The van der Waals surface area contributed by atoms with Crippen molar-refractivity contribution in [3.05, 3.63) is 58.9 Å². The second kappa shape index (κ2) is 8.66. The molecule has 0 unspecified atom stereocenters. The number of carbonyl (C=O) groups excluding carboxylic acids is 2. The molecule has 2 aromatic carbocycles. The summed E-state index contributed by atoms with van der Waals surface area (Å²) in [6.45, 7) is -0.926. The molecule has 25 heavy (non-hydrogen) atoms. The van der Waals surface area contributed by atoms with Gasteiger partial charge >= 0.3 is 5.97 Å². The van der Waals surface area contributed by atoms with Crippen LogP contribution in [0.2, 0.25) is 5.02 Å². The molecule has 1 amide bonds. The second-order valence-electron chi connectivity index (χ2n) is 4.76. The summed E-state index contributed by atoms with van der Waals surface area (Å²) in [7, 11) is 0. The minimum Gasteiger partial charge on any atom is -0.482 e. The lowest BCUT2D eigenvalue weighted by atomic mass is 10.2. The van der Waals surface area contributed by atoms with Gasteiger partial charge < -0.3 is 14.8 Å². The van der Waals surface area contributed by atoms with Gasteiger partial charge in [-0.2, -0.15) is 5.26 Å². The number of ether oxygens (including phenoxy) is 2. The number of esters is 1. The largest absolute Gasteiger partial charge is 0.482 e. The van der Waals surface area contributed by atoms with E-state index >= 15 is 0 Å². The van der Waals surface area contributed by atoms with E-state index in [1.807, 2.05) is 6.07 Å². The van der Waals surface area contributed by atoms with E-state index in [2.05, 4.69) is 5.32 Å². The SMILES string of the molecule is N#Cc1ccc(NC(=O)COC(=O)COc2ccc(F)cc2)cc1Cl. The molecule has 0 atom stereocenters. The van der Waals surface area contributed by atoms with Crippen LogP contribution in [0, 0.1) is 17.1 Å². The van der Waals surface area contributed by atoms with Gasteiger partial charge in [-0.05, 0) is 42.5 Å². The van der Waals surface area contributed by atoms with Gasteiger partial charge in [-0.1, -0.05) is 11.6 Å². The zero-order valence-electron chi connectivity index (χ0n) is 12.8. The molecule has 2 aromatic rings. The molecule has 0 saturated carbocycles. The summed E-state index contributed by atoms with van der Waals surface area (Å²) in [5.41, 5.74) is 0.650. The van der Waals surface area contributed by atoms with Crippen molar-refractivity contribution < 1.29 is 23.5 Å². The van der Waals surface area contributed by atoms with Gasteiger partial charge in [-0.15, -0.1) is 0 Å². The van der Waals surface area contributed by atoms with Gasteiger partial charge in [-0.3, -0.25) is 4.79 Å². The lowest BCUT2D eigenvalue weighted by Gasteiger charge is -2.08. The summed E-state index contributed by atoms with van der Waals surface area (Å²) in [6.07, 6.45) is 0. The molecule has 0 bridgehead atoms. The fraction of sp³-hybridized carbons (Fsp3) is 0.118. The molecule has 0 aliphatic heterocycles. The van der Waals surface area contributed by atoms with Crippen LogP contribution in [0.1, 0.15) is 5.56 Å². The zero-order valence-corrected chi connectivity index (χ0v) is 13.5. The average molecular weight is 363 g/mol. The number of nitrogens with zero attached hydrogens (tertiary/aromatic N) is 1. The zero-order chi connectivity index (χ0) is 18.2. The Kier molecular flexibility index (Phi) is 6.32. The number of rotatable bonds is 6. The molecule has 6 nitrogen and oxygen atoms in total. The third-order valence-electron chi connectivity index (χ3n) is 2.91. The highest BCUT2D eigenvalue weighted by Crippen LogP contribution is 2.20. The maximum absolute atomic E-state index is 12.7. The smallest absolute Gasteiger partial charge is 0.344 e. The molecule has 2 rings (SSSR count). The summed E-state index contributed by atoms with van der Waals surface area (Å²) in [6, 6.07) is 11.4. The van der Waals surface area contributed by atoms with Crippen molar-refractivity contribution in [3.63, 3.8) is 0 Å². The van der Waals surface area contributed by atoms with Gasteiger partial charge in [0.15, 0.2) is 13.2 Å². The Labute approximate surface area is 147 Å². The molecule has 0 radical (unpaired) electrons. The third kappa shape index (κ3) is 5.79. The Morgan fingerprint density at radius 3 is 2.52 bits per heavy atom. The monoisotopic (exact) mass is 362 g/mol. The highest BCUT2D eigenvalue weighted by atomic mass is 35.5. The average Bonchev–Trinajstić information content (AvgIpc) is 2.59. The molecule has 8 heteroatoms. The number of nitrogens with one attached hydrogen (secondary N) is 1. The molecule has 1 N–H and O–H groups in total. The predicted molar refractivity (Wildman–Crippen MR) is 87.7 cm³/mol. The Hall–Kier alpha value is -3.11. The fourth-order valence-electron chi connectivity index (χ4n) is 1.74. The molecule has 0 saturated heterocycles. The first-order chi connectivity index (χ1) is 12.0. The number of anilines is 1. The van der Waals surface area contributed by atoms with E-state index in [1.54, 1.807) is 0 Å². The molecular weight excluding hydrogens is 351 g/mol. The van der Waals surface area contributed by atoms with Crippen molar-refractivity contribution in [1.29, 1.82) is 5.26 Å². The van der Waals surface area contributed by atoms with Crippen molar-refractivity contribution in [2.75, 3.05) is 18.5 Å². The van der Waals surface area contributed by atoms with Crippen molar-refractivity contribution in [2.24, 2.45) is 0 Å². The van der Waals surface area contributed by atoms with E-state index < -0.39 is 30.9 Å². The van der Waals surface area contributed by atoms with Crippen molar-refractivity contribution in [3.8, 4) is 11.8 Å². The first kappa shape index (κ1) is 18.2. The van der Waals surface area contributed by atoms with Crippen molar-refractivity contribution in [2.45, 2.75) is 0 Å². The maximum atomic E-state index is 12.7. The van der Waals surface area contributed by atoms with Crippen LogP contribution in [0.3, 0.4) is 0 Å². The molecule has 0 aliphatic carbocycles. The summed E-state index contributed by atoms with van der Waals surface area (Å²) in [5, 5.41) is 11.4. The number of benzene rings is 2. The second-order valence-corrected chi connectivity index (χ2v) is 5.17. The molecule has 128 valence electrons. The summed E-state index contributed by atoms with van der Waals surface area (Å²) in [5.74, 6) is -1.45. The van der Waals surface area contributed by atoms with Gasteiger partial charge in [-0.25, -0.2) is 9.18 Å². The van der Waals surface area contributed by atoms with Crippen LogP contribution >= 0.6 is 11.6 Å². The Balaban J connectivity index is 1.75. The van der Waals surface area contributed by atoms with Crippen molar-refractivity contribution in [1.82, 2.24) is 0 Å². The molecule has 0 aliphatic rings. The minimum absolute atomic E-state index is 0.199. The Morgan fingerprint density at radius 2 is 1.88 bits per heavy atom. The van der Waals surface area contributed by atoms with Crippen LogP contribution in [0.4, 0.5) is 10.1 Å². The highest BCUT2D eigenvalue weighted by Gasteiger charge is 2.10. The number of hydrogen-bond acceptors (Lipinski definition) is 5. The molecule has 0 spiro atoms. The van der Waals surface area contributed by atoms with E-state index in [4.69, 9.17) is 26.3 Å². The first-order valence-electron chi connectivity index (χ1n) is 7.01. The quantitative estimate of drug-likeness (QED) is 0.798. The van der Waals surface area contributed by atoms with E-state index in [-0.39, 0.29) is 10.6 Å². The van der Waals surface area contributed by atoms with Crippen LogP contribution in [-0.2, 0) is 14.3 Å². The van der Waals surface area contributed by atoms with Crippen LogP contribution in [-0.4, -0.2) is 25.1 Å². The topological polar surface area (TPSA) is 88.4 Å². The van der Waals surface area contributed by atoms with Gasteiger partial charge in [0.25, 0.3) is 5.91 Å². The maximum Gasteiger partial charge on any atom is 0.344 e. The first-order valence-corrected chi connectivity index (χ1v) is 7.39. The lowest BCUT2D eigenvalue weighted by molar-refractivity contribution is -0.149. The van der Waals surface area contributed by atoms with Crippen LogP contribution < -0.4 is 10.1 Å². The fourth-order valence-corrected chi connectivity index (χ4v) is 1.96. The number of halogens is 2. The van der Waals surface area contributed by atoms with E-state index in [0.29, 0.717) is 11.4 Å². The van der Waals surface area contributed by atoms with Gasteiger partial charge in [0.05, 0.1) is 10.6 Å². The van der Waals surface area contributed by atoms with E-state index in [0.717, 1.165) is 0 Å². The minimum atomic E-state index is -0.752. The summed E-state index contributed by atoms with van der Waals surface area (Å²) in [4.78, 5) is 23.2. The van der Waals surface area contributed by atoms with E-state index in [9.17, 15) is 14.0 Å². The van der Waals surface area contributed by atoms with Gasteiger partial charge in [0.2, 0.25) is 0 Å². The van der Waals surface area contributed by atoms with Crippen LogP contribution in [0.5, 0.6) is 5.75 Å². The van der Waals surface area contributed by atoms with Crippen LogP contribution in [0.15, 0.2) is 42.5 Å². The summed E-state index contributed by atoms with van der Waals surface area (Å²) < 4.78 is 22.6. The normalized spacial score (nSPS) is 9.80. The molecule has 0 fully saturated rings. The van der Waals surface area contributed by atoms with Crippen LogP contribution in [0.25, 0.3) is 0 Å². The van der Waals surface area contributed by atoms with E-state index in [1.165, 1.54) is 42.5 Å². The standard InChI is InChI=1S/C17H12ClFN2O4/c18-15-7-13(4-1-11(15)8-20)21-16(22)9-25-17(23)10-24-14-5-2-12(19)3-6-14/h1-7H,9-10H2,(H,21,22). The number of carbonyl (C=O) groups is 2. The molecular formula is C17H12ClFN2O4. The lowest BCUT2D eigenvalue weighted by Crippen LogP contribution is -2.23. The Bertz CT molecular complexity index is 818. The molecule has 0 heterocycles. The number of amides is 1. The summed E-state index contributed by atoms with van der Waals surface area (Å²) >= 11 is 5.85. The molecule has 0 aromatic heterocycles. The number of hydrogen-bond donors (Lipinski definition) is 1. The Morgan fingerprint density at radius 1 is 1.16 bits per heavy atom. The highest BCUT2D eigenvalue weighted by molar-refractivity contribution is 6.32.